The molecule has 6 heteroatoms. The molecule has 2 amide bonds. The molecular formula is C19H31N3O3. The fourth-order valence-electron chi connectivity index (χ4n) is 5.31. The van der Waals surface area contributed by atoms with Crippen molar-refractivity contribution in [3.8, 4) is 0 Å². The van der Waals surface area contributed by atoms with E-state index in [9.17, 15) is 9.59 Å². The van der Waals surface area contributed by atoms with Crippen LogP contribution in [0, 0.1) is 5.92 Å². The highest BCUT2D eigenvalue weighted by atomic mass is 16.6. The number of ether oxygens (including phenoxy) is 1. The molecule has 25 heavy (non-hydrogen) atoms. The van der Waals surface area contributed by atoms with Gasteiger partial charge in [-0.25, -0.2) is 4.79 Å². The van der Waals surface area contributed by atoms with E-state index >= 15 is 0 Å². The van der Waals surface area contributed by atoms with Gasteiger partial charge in [0.2, 0.25) is 5.91 Å². The number of hydrogen-bond acceptors (Lipinski definition) is 4. The Hall–Kier alpha value is -1.30. The molecule has 4 heterocycles. The molecule has 4 aliphatic heterocycles. The van der Waals surface area contributed by atoms with E-state index in [2.05, 4.69) is 9.80 Å². The first kappa shape index (κ1) is 17.1. The van der Waals surface area contributed by atoms with Crippen molar-refractivity contribution < 1.29 is 14.3 Å². The van der Waals surface area contributed by atoms with Crippen LogP contribution in [0.3, 0.4) is 0 Å². The quantitative estimate of drug-likeness (QED) is 0.766. The molecule has 1 spiro atoms. The van der Waals surface area contributed by atoms with Crippen molar-refractivity contribution in [2.45, 2.75) is 63.5 Å². The van der Waals surface area contributed by atoms with Crippen LogP contribution >= 0.6 is 0 Å². The van der Waals surface area contributed by atoms with E-state index in [0.29, 0.717) is 25.0 Å². The fourth-order valence-corrected chi connectivity index (χ4v) is 5.31. The Morgan fingerprint density at radius 3 is 2.60 bits per heavy atom. The minimum absolute atomic E-state index is 0.182. The highest BCUT2D eigenvalue weighted by Crippen LogP contribution is 2.36. The van der Waals surface area contributed by atoms with E-state index in [-0.39, 0.29) is 17.6 Å². The van der Waals surface area contributed by atoms with E-state index in [0.717, 1.165) is 38.8 Å². The topological polar surface area (TPSA) is 53.1 Å². The second kappa shape index (κ2) is 6.78. The molecule has 140 valence electrons. The van der Waals surface area contributed by atoms with Crippen molar-refractivity contribution in [2.24, 2.45) is 5.92 Å². The Morgan fingerprint density at radius 2 is 1.88 bits per heavy atom. The smallest absolute Gasteiger partial charge is 0.410 e. The molecule has 0 radical (unpaired) electrons. The van der Waals surface area contributed by atoms with Crippen LogP contribution in [0.5, 0.6) is 0 Å². The largest absolute Gasteiger partial charge is 0.441 e. The van der Waals surface area contributed by atoms with Gasteiger partial charge in [0.05, 0.1) is 12.5 Å². The normalized spacial score (nSPS) is 32.6. The van der Waals surface area contributed by atoms with Gasteiger partial charge in [0.25, 0.3) is 0 Å². The number of nitrogens with zero attached hydrogens (tertiary/aromatic N) is 3. The lowest BCUT2D eigenvalue weighted by atomic mass is 9.82. The van der Waals surface area contributed by atoms with Gasteiger partial charge in [-0.1, -0.05) is 6.42 Å². The molecule has 0 N–H and O–H groups in total. The van der Waals surface area contributed by atoms with E-state index in [4.69, 9.17) is 4.74 Å². The summed E-state index contributed by atoms with van der Waals surface area (Å²) in [7, 11) is 0. The summed E-state index contributed by atoms with van der Waals surface area (Å²) in [5.41, 5.74) is -0.354. The third-order valence-electron chi connectivity index (χ3n) is 6.82. The SMILES string of the molecule is CCN1CC2(CCN(C(=O)[C@@H]3CCCN4CCCC[C@H]34)CC2)OC1=O. The highest BCUT2D eigenvalue weighted by Gasteiger charge is 2.48. The van der Waals surface area contributed by atoms with Crippen molar-refractivity contribution in [2.75, 3.05) is 39.3 Å². The maximum absolute atomic E-state index is 13.2. The average molecular weight is 349 g/mol. The van der Waals surface area contributed by atoms with Gasteiger partial charge in [-0.2, -0.15) is 0 Å². The maximum Gasteiger partial charge on any atom is 0.410 e. The fraction of sp³-hybridized carbons (Fsp3) is 0.895. The zero-order valence-electron chi connectivity index (χ0n) is 15.4. The summed E-state index contributed by atoms with van der Waals surface area (Å²) in [4.78, 5) is 31.5. The summed E-state index contributed by atoms with van der Waals surface area (Å²) >= 11 is 0. The number of carbonyl (C=O) groups excluding carboxylic acids is 2. The standard InChI is InChI=1S/C19H31N3O3/c1-2-20-14-19(25-18(20)24)8-12-22(13-9-19)17(23)15-6-5-11-21-10-4-3-7-16(15)21/h15-16H,2-14H2,1H3/t15-,16-/m1/s1. The highest BCUT2D eigenvalue weighted by molar-refractivity contribution is 5.80. The van der Waals surface area contributed by atoms with Gasteiger partial charge in [-0.3, -0.25) is 9.69 Å². The van der Waals surface area contributed by atoms with Gasteiger partial charge in [-0.05, 0) is 45.7 Å². The Morgan fingerprint density at radius 1 is 1.12 bits per heavy atom. The van der Waals surface area contributed by atoms with Gasteiger partial charge < -0.3 is 14.5 Å². The monoisotopic (exact) mass is 349 g/mol. The van der Waals surface area contributed by atoms with Crippen molar-refractivity contribution in [3.05, 3.63) is 0 Å². The third-order valence-corrected chi connectivity index (χ3v) is 6.82. The molecule has 0 aliphatic carbocycles. The van der Waals surface area contributed by atoms with Crippen LogP contribution in [0.25, 0.3) is 0 Å². The lowest BCUT2D eigenvalue weighted by Crippen LogP contribution is -2.56. The van der Waals surface area contributed by atoms with Gasteiger partial charge >= 0.3 is 6.09 Å². The summed E-state index contributed by atoms with van der Waals surface area (Å²) in [6, 6.07) is 0.464. The molecule has 4 saturated heterocycles. The number of likely N-dealkylation sites (tertiary alicyclic amines) is 1. The van der Waals surface area contributed by atoms with Crippen molar-refractivity contribution in [1.29, 1.82) is 0 Å². The molecule has 0 unspecified atom stereocenters. The molecule has 0 bridgehead atoms. The molecule has 0 saturated carbocycles. The Kier molecular flexibility index (Phi) is 4.65. The zero-order valence-corrected chi connectivity index (χ0v) is 15.4. The van der Waals surface area contributed by atoms with Crippen molar-refractivity contribution in [3.63, 3.8) is 0 Å². The summed E-state index contributed by atoms with van der Waals surface area (Å²) in [6.07, 6.45) is 7.28. The molecule has 0 aromatic carbocycles. The maximum atomic E-state index is 13.2. The van der Waals surface area contributed by atoms with Crippen LogP contribution in [-0.2, 0) is 9.53 Å². The van der Waals surface area contributed by atoms with Crippen LogP contribution in [0.4, 0.5) is 4.79 Å². The number of carbonyl (C=O) groups is 2. The predicted molar refractivity (Wildman–Crippen MR) is 94.2 cm³/mol. The first-order chi connectivity index (χ1) is 12.1. The van der Waals surface area contributed by atoms with Gasteiger partial charge in [0.15, 0.2) is 0 Å². The number of piperidine rings is 3. The van der Waals surface area contributed by atoms with E-state index in [1.807, 2.05) is 6.92 Å². The van der Waals surface area contributed by atoms with Crippen LogP contribution in [-0.4, -0.2) is 77.6 Å². The molecule has 0 aromatic heterocycles. The second-order valence-corrected chi connectivity index (χ2v) is 8.24. The van der Waals surface area contributed by atoms with Gasteiger partial charge in [0.1, 0.15) is 5.60 Å². The zero-order chi connectivity index (χ0) is 17.4. The first-order valence-electron chi connectivity index (χ1n) is 10.1. The number of amides is 2. The van der Waals surface area contributed by atoms with Crippen LogP contribution < -0.4 is 0 Å². The molecule has 6 nitrogen and oxygen atoms in total. The minimum Gasteiger partial charge on any atom is -0.441 e. The number of hydrogen-bond donors (Lipinski definition) is 0. The molecule has 0 aromatic rings. The van der Waals surface area contributed by atoms with E-state index in [1.165, 1.54) is 32.4 Å². The number of rotatable bonds is 2. The summed E-state index contributed by atoms with van der Waals surface area (Å²) in [5, 5.41) is 0. The second-order valence-electron chi connectivity index (χ2n) is 8.24. The molecule has 4 aliphatic rings. The van der Waals surface area contributed by atoms with Crippen LogP contribution in [0.1, 0.15) is 51.9 Å². The van der Waals surface area contributed by atoms with E-state index < -0.39 is 0 Å². The minimum atomic E-state index is -0.354. The predicted octanol–water partition coefficient (Wildman–Crippen LogP) is 2.08. The van der Waals surface area contributed by atoms with Crippen molar-refractivity contribution in [1.82, 2.24) is 14.7 Å². The number of likely N-dealkylation sites (N-methyl/N-ethyl adjacent to an activating group) is 1. The molecule has 2 atom stereocenters. The van der Waals surface area contributed by atoms with E-state index in [1.54, 1.807) is 4.90 Å². The number of fused-ring (bicyclic) bond motifs is 1. The van der Waals surface area contributed by atoms with Gasteiger partial charge in [0, 0.05) is 38.5 Å². The Labute approximate surface area is 150 Å². The first-order valence-corrected chi connectivity index (χ1v) is 10.1. The third kappa shape index (κ3) is 3.14. The molecule has 4 rings (SSSR count). The van der Waals surface area contributed by atoms with Crippen molar-refractivity contribution >= 4 is 12.0 Å². The lowest BCUT2D eigenvalue weighted by molar-refractivity contribution is -0.143. The van der Waals surface area contributed by atoms with Crippen LogP contribution in [0.2, 0.25) is 0 Å². The average Bonchev–Trinajstić information content (AvgIpc) is 2.96. The summed E-state index contributed by atoms with van der Waals surface area (Å²) in [5.74, 6) is 0.532. The summed E-state index contributed by atoms with van der Waals surface area (Å²) < 4.78 is 5.69. The van der Waals surface area contributed by atoms with Crippen LogP contribution in [0.15, 0.2) is 0 Å². The summed E-state index contributed by atoms with van der Waals surface area (Å²) in [6.45, 7) is 7.16. The van der Waals surface area contributed by atoms with Gasteiger partial charge in [-0.15, -0.1) is 0 Å². The Balaban J connectivity index is 1.37. The molecule has 4 fully saturated rings. The Bertz CT molecular complexity index is 528. The lowest BCUT2D eigenvalue weighted by Gasteiger charge is -2.46. The molecular weight excluding hydrogens is 318 g/mol.